The van der Waals surface area contributed by atoms with Crippen LogP contribution in [0.3, 0.4) is 0 Å². The van der Waals surface area contributed by atoms with Crippen LogP contribution in [0.25, 0.3) is 0 Å². The smallest absolute Gasteiger partial charge is 0.287 e. The molecule has 9 heteroatoms. The Morgan fingerprint density at radius 2 is 1.80 bits per heavy atom. The first-order valence-corrected chi connectivity index (χ1v) is 11.7. The highest BCUT2D eigenvalue weighted by molar-refractivity contribution is 9.10. The largest absolute Gasteiger partial charge is 0.486 e. The fourth-order valence-electron chi connectivity index (χ4n) is 2.78. The van der Waals surface area contributed by atoms with Gasteiger partial charge in [0.05, 0.1) is 18.0 Å². The molecule has 2 aromatic carbocycles. The van der Waals surface area contributed by atoms with Crippen molar-refractivity contribution in [3.8, 4) is 5.75 Å². The van der Waals surface area contributed by atoms with Crippen molar-refractivity contribution in [1.82, 2.24) is 5.32 Å². The van der Waals surface area contributed by atoms with Crippen molar-refractivity contribution in [1.29, 1.82) is 0 Å². The molecule has 0 bridgehead atoms. The summed E-state index contributed by atoms with van der Waals surface area (Å²) in [6, 6.07) is 17.1. The average molecular weight is 493 g/mol. The molecule has 2 N–H and O–H groups in total. The lowest BCUT2D eigenvalue weighted by atomic mass is 10.1. The van der Waals surface area contributed by atoms with E-state index in [2.05, 4.69) is 26.0 Å². The number of sulfonamides is 1. The van der Waals surface area contributed by atoms with Crippen LogP contribution in [0.2, 0.25) is 0 Å². The SMILES string of the molecule is CC(NC(=O)c1ccc(COc2ccc(Br)cc2)o1)c1ccccc1NS(C)(=O)=O. The third kappa shape index (κ3) is 6.11. The van der Waals surface area contributed by atoms with Gasteiger partial charge in [0.2, 0.25) is 10.0 Å². The van der Waals surface area contributed by atoms with E-state index in [0.29, 0.717) is 22.8 Å². The lowest BCUT2D eigenvalue weighted by molar-refractivity contribution is 0.0908. The van der Waals surface area contributed by atoms with Gasteiger partial charge in [-0.25, -0.2) is 8.42 Å². The van der Waals surface area contributed by atoms with Gasteiger partial charge >= 0.3 is 0 Å². The maximum atomic E-state index is 12.6. The van der Waals surface area contributed by atoms with Crippen LogP contribution in [-0.2, 0) is 16.6 Å². The Bertz CT molecular complexity index is 1130. The molecule has 1 amide bonds. The van der Waals surface area contributed by atoms with Gasteiger partial charge in [0, 0.05) is 4.47 Å². The molecular formula is C21H21BrN2O5S. The van der Waals surface area contributed by atoms with E-state index < -0.39 is 22.0 Å². The van der Waals surface area contributed by atoms with Crippen LogP contribution in [0.4, 0.5) is 5.69 Å². The quantitative estimate of drug-likeness (QED) is 0.482. The zero-order valence-corrected chi connectivity index (χ0v) is 18.8. The lowest BCUT2D eigenvalue weighted by Gasteiger charge is -2.17. The Kier molecular flexibility index (Phi) is 6.84. The molecule has 1 unspecified atom stereocenters. The highest BCUT2D eigenvalue weighted by Gasteiger charge is 2.18. The number of carbonyl (C=O) groups excluding carboxylic acids is 1. The number of carbonyl (C=O) groups is 1. The molecule has 1 aromatic heterocycles. The standard InChI is InChI=1S/C21H21BrN2O5S/c1-14(18-5-3-4-6-19(18)24-30(2,26)27)23-21(25)20-12-11-17(29-20)13-28-16-9-7-15(22)8-10-16/h3-12,14,24H,13H2,1-2H3,(H,23,25). The van der Waals surface area contributed by atoms with Gasteiger partial charge in [-0.05, 0) is 55.0 Å². The van der Waals surface area contributed by atoms with E-state index in [1.807, 2.05) is 24.3 Å². The summed E-state index contributed by atoms with van der Waals surface area (Å²) in [6.07, 6.45) is 1.08. The minimum absolute atomic E-state index is 0.143. The second-order valence-corrected chi connectivity index (χ2v) is 9.33. The maximum absolute atomic E-state index is 12.6. The Hall–Kier alpha value is -2.78. The third-order valence-electron chi connectivity index (χ3n) is 4.15. The van der Waals surface area contributed by atoms with Gasteiger partial charge in [-0.3, -0.25) is 9.52 Å². The average Bonchev–Trinajstić information content (AvgIpc) is 3.16. The van der Waals surface area contributed by atoms with Crippen molar-refractivity contribution in [3.63, 3.8) is 0 Å². The van der Waals surface area contributed by atoms with Crippen LogP contribution < -0.4 is 14.8 Å². The summed E-state index contributed by atoms with van der Waals surface area (Å²) in [4.78, 5) is 12.6. The molecule has 0 radical (unpaired) electrons. The molecule has 0 saturated heterocycles. The molecule has 3 aromatic rings. The topological polar surface area (TPSA) is 97.6 Å². The summed E-state index contributed by atoms with van der Waals surface area (Å²) in [5.74, 6) is 0.926. The summed E-state index contributed by atoms with van der Waals surface area (Å²) in [6.45, 7) is 1.95. The molecular weight excluding hydrogens is 472 g/mol. The molecule has 0 spiro atoms. The van der Waals surface area contributed by atoms with Crippen molar-refractivity contribution in [3.05, 3.63) is 82.2 Å². The summed E-state index contributed by atoms with van der Waals surface area (Å²) >= 11 is 3.36. The molecule has 0 aliphatic carbocycles. The van der Waals surface area contributed by atoms with E-state index in [4.69, 9.17) is 9.15 Å². The number of rotatable bonds is 8. The van der Waals surface area contributed by atoms with Crippen LogP contribution in [0, 0.1) is 0 Å². The Labute approximate surface area is 183 Å². The number of para-hydroxylation sites is 1. The summed E-state index contributed by atoms with van der Waals surface area (Å²) in [5, 5.41) is 2.82. The van der Waals surface area contributed by atoms with E-state index in [0.717, 1.165) is 10.7 Å². The van der Waals surface area contributed by atoms with Gasteiger partial charge in [0.15, 0.2) is 5.76 Å². The van der Waals surface area contributed by atoms with Gasteiger partial charge in [-0.15, -0.1) is 0 Å². The highest BCUT2D eigenvalue weighted by Crippen LogP contribution is 2.24. The van der Waals surface area contributed by atoms with E-state index in [-0.39, 0.29) is 12.4 Å². The molecule has 0 fully saturated rings. The zero-order valence-electron chi connectivity index (χ0n) is 16.4. The van der Waals surface area contributed by atoms with Crippen LogP contribution in [0.15, 0.2) is 69.6 Å². The molecule has 158 valence electrons. The van der Waals surface area contributed by atoms with Crippen LogP contribution in [0.1, 0.15) is 34.8 Å². The Morgan fingerprint density at radius 3 is 2.50 bits per heavy atom. The minimum atomic E-state index is -3.44. The van der Waals surface area contributed by atoms with Crippen molar-refractivity contribution < 1.29 is 22.4 Å². The second-order valence-electron chi connectivity index (χ2n) is 6.67. The fraction of sp³-hybridized carbons (Fsp3) is 0.190. The summed E-state index contributed by atoms with van der Waals surface area (Å²) < 4.78 is 37.8. The van der Waals surface area contributed by atoms with Crippen LogP contribution >= 0.6 is 15.9 Å². The molecule has 7 nitrogen and oxygen atoms in total. The molecule has 1 atom stereocenters. The Balaban J connectivity index is 1.63. The second kappa shape index (κ2) is 9.36. The first-order valence-electron chi connectivity index (χ1n) is 9.06. The first kappa shape index (κ1) is 21.9. The Morgan fingerprint density at radius 1 is 1.10 bits per heavy atom. The number of anilines is 1. The normalized spacial score (nSPS) is 12.2. The summed E-state index contributed by atoms with van der Waals surface area (Å²) in [5.41, 5.74) is 1.05. The number of halogens is 1. The van der Waals surface area contributed by atoms with Gasteiger partial charge < -0.3 is 14.5 Å². The number of hydrogen-bond acceptors (Lipinski definition) is 5. The van der Waals surface area contributed by atoms with Crippen molar-refractivity contribution in [2.45, 2.75) is 19.6 Å². The number of furan rings is 1. The van der Waals surface area contributed by atoms with E-state index in [9.17, 15) is 13.2 Å². The van der Waals surface area contributed by atoms with Crippen LogP contribution in [0.5, 0.6) is 5.75 Å². The first-order chi connectivity index (χ1) is 14.2. The molecule has 1 heterocycles. The van der Waals surface area contributed by atoms with Crippen molar-refractivity contribution in [2.75, 3.05) is 11.0 Å². The molecule has 0 saturated carbocycles. The number of ether oxygens (including phenoxy) is 1. The summed E-state index contributed by atoms with van der Waals surface area (Å²) in [7, 11) is -3.44. The minimum Gasteiger partial charge on any atom is -0.486 e. The van der Waals surface area contributed by atoms with Gasteiger partial charge in [-0.1, -0.05) is 34.1 Å². The predicted octanol–water partition coefficient (Wildman–Crippen LogP) is 4.48. The van der Waals surface area contributed by atoms with E-state index >= 15 is 0 Å². The maximum Gasteiger partial charge on any atom is 0.287 e. The van der Waals surface area contributed by atoms with Gasteiger partial charge in [0.25, 0.3) is 5.91 Å². The van der Waals surface area contributed by atoms with Crippen molar-refractivity contribution in [2.24, 2.45) is 0 Å². The zero-order chi connectivity index (χ0) is 21.7. The highest BCUT2D eigenvalue weighted by atomic mass is 79.9. The van der Waals surface area contributed by atoms with Crippen molar-refractivity contribution >= 4 is 37.5 Å². The van der Waals surface area contributed by atoms with E-state index in [1.165, 1.54) is 0 Å². The number of nitrogens with one attached hydrogen (secondary N) is 2. The molecule has 3 rings (SSSR count). The fourth-order valence-corrected chi connectivity index (χ4v) is 3.63. The number of benzene rings is 2. The predicted molar refractivity (Wildman–Crippen MR) is 118 cm³/mol. The monoisotopic (exact) mass is 492 g/mol. The van der Waals surface area contributed by atoms with E-state index in [1.54, 1.807) is 43.3 Å². The number of hydrogen-bond donors (Lipinski definition) is 2. The van der Waals surface area contributed by atoms with Crippen LogP contribution in [-0.4, -0.2) is 20.6 Å². The lowest BCUT2D eigenvalue weighted by Crippen LogP contribution is -2.27. The molecule has 0 aliphatic rings. The third-order valence-corrected chi connectivity index (χ3v) is 5.27. The molecule has 30 heavy (non-hydrogen) atoms. The number of amides is 1. The molecule has 0 aliphatic heterocycles. The van der Waals surface area contributed by atoms with Gasteiger partial charge in [0.1, 0.15) is 18.1 Å². The van der Waals surface area contributed by atoms with Gasteiger partial charge in [-0.2, -0.15) is 0 Å².